The molecule has 0 fully saturated rings. The third kappa shape index (κ3) is 2.56. The molecular weight excluding hydrogens is 269 g/mol. The van der Waals surface area contributed by atoms with Gasteiger partial charge in [-0.3, -0.25) is 4.79 Å². The molecule has 0 saturated carbocycles. The number of hydrogen-bond acceptors (Lipinski definition) is 2. The topological polar surface area (TPSA) is 30.2 Å². The highest BCUT2D eigenvalue weighted by Crippen LogP contribution is 2.29. The summed E-state index contributed by atoms with van der Waals surface area (Å²) in [7, 11) is 0. The van der Waals surface area contributed by atoms with Crippen molar-refractivity contribution >= 4 is 11.6 Å². The van der Waals surface area contributed by atoms with Gasteiger partial charge in [0.2, 0.25) is 5.76 Å². The maximum absolute atomic E-state index is 12.3. The summed E-state index contributed by atoms with van der Waals surface area (Å²) in [4.78, 5) is 11.6. The molecule has 0 aliphatic carbocycles. The normalized spacial score (nSPS) is 11.6. The monoisotopic (exact) mass is 274 g/mol. The van der Waals surface area contributed by atoms with E-state index < -0.39 is 17.4 Å². The quantitative estimate of drug-likeness (QED) is 0.787. The predicted octanol–water partition coefficient (Wildman–Crippen LogP) is 3.98. The van der Waals surface area contributed by atoms with E-state index in [9.17, 15) is 18.0 Å². The zero-order valence-corrected chi connectivity index (χ0v) is 9.55. The first-order valence-electron chi connectivity index (χ1n) is 4.84. The average molecular weight is 275 g/mol. The Hall–Kier alpha value is -1.75. The van der Waals surface area contributed by atoms with Gasteiger partial charge < -0.3 is 4.42 Å². The van der Waals surface area contributed by atoms with Gasteiger partial charge in [-0.25, -0.2) is 0 Å². The highest BCUT2D eigenvalue weighted by atomic mass is 35.5. The molecule has 0 amide bonds. The highest BCUT2D eigenvalue weighted by molar-refractivity contribution is 6.30. The van der Waals surface area contributed by atoms with Crippen LogP contribution in [0, 0.1) is 0 Å². The largest absolute Gasteiger partial charge is 0.459 e. The molecule has 1 heterocycles. The fourth-order valence-corrected chi connectivity index (χ4v) is 1.53. The van der Waals surface area contributed by atoms with Crippen molar-refractivity contribution in [3.63, 3.8) is 0 Å². The van der Waals surface area contributed by atoms with Gasteiger partial charge in [0.05, 0.1) is 5.56 Å². The van der Waals surface area contributed by atoms with Gasteiger partial charge in [0.15, 0.2) is 5.43 Å². The van der Waals surface area contributed by atoms with Gasteiger partial charge in [-0.1, -0.05) is 23.7 Å². The van der Waals surface area contributed by atoms with Gasteiger partial charge in [0, 0.05) is 11.1 Å². The predicted molar refractivity (Wildman–Crippen MR) is 60.4 cm³/mol. The van der Waals surface area contributed by atoms with E-state index in [4.69, 9.17) is 11.6 Å². The Morgan fingerprint density at radius 1 is 1.11 bits per heavy atom. The molecule has 18 heavy (non-hydrogen) atoms. The summed E-state index contributed by atoms with van der Waals surface area (Å²) in [6.45, 7) is 0. The van der Waals surface area contributed by atoms with Crippen LogP contribution in [0.25, 0.3) is 11.1 Å². The van der Waals surface area contributed by atoms with E-state index in [-0.39, 0.29) is 5.56 Å². The molecule has 0 aliphatic heterocycles. The second-order valence-corrected chi connectivity index (χ2v) is 3.96. The molecule has 0 N–H and O–H groups in total. The lowest BCUT2D eigenvalue weighted by Gasteiger charge is -2.06. The molecule has 2 nitrogen and oxygen atoms in total. The molecule has 6 heteroatoms. The zero-order chi connectivity index (χ0) is 13.3. The zero-order valence-electron chi connectivity index (χ0n) is 8.79. The van der Waals surface area contributed by atoms with Crippen molar-refractivity contribution in [3.05, 3.63) is 57.6 Å². The van der Waals surface area contributed by atoms with Crippen LogP contribution in [-0.4, -0.2) is 0 Å². The Bertz CT molecular complexity index is 614. The van der Waals surface area contributed by atoms with Crippen LogP contribution in [0.2, 0.25) is 5.02 Å². The van der Waals surface area contributed by atoms with Crippen molar-refractivity contribution in [2.24, 2.45) is 0 Å². The van der Waals surface area contributed by atoms with Gasteiger partial charge in [-0.05, 0) is 17.7 Å². The highest BCUT2D eigenvalue weighted by Gasteiger charge is 2.34. The molecule has 0 aliphatic rings. The van der Waals surface area contributed by atoms with Crippen LogP contribution < -0.4 is 5.43 Å². The maximum atomic E-state index is 12.3. The summed E-state index contributed by atoms with van der Waals surface area (Å²) in [5.41, 5.74) is -0.252. The van der Waals surface area contributed by atoms with E-state index in [2.05, 4.69) is 4.42 Å². The van der Waals surface area contributed by atoms with Gasteiger partial charge in [0.25, 0.3) is 0 Å². The molecule has 0 spiro atoms. The standard InChI is InChI=1S/C12H6ClF3O2/c13-8-3-1-7(2-4-8)9-6-18-11(5-10(9)17)12(14,15)16/h1-6H. The molecule has 1 aromatic heterocycles. The van der Waals surface area contributed by atoms with E-state index in [1.165, 1.54) is 24.3 Å². The van der Waals surface area contributed by atoms with Crippen molar-refractivity contribution in [1.29, 1.82) is 0 Å². The minimum atomic E-state index is -4.67. The maximum Gasteiger partial charge on any atom is 0.449 e. The Labute approximate surface area is 105 Å². The number of hydrogen-bond donors (Lipinski definition) is 0. The summed E-state index contributed by atoms with van der Waals surface area (Å²) < 4.78 is 41.3. The first kappa shape index (κ1) is 12.7. The van der Waals surface area contributed by atoms with Crippen molar-refractivity contribution < 1.29 is 17.6 Å². The summed E-state index contributed by atoms with van der Waals surface area (Å²) in [5.74, 6) is -1.31. The van der Waals surface area contributed by atoms with E-state index in [0.717, 1.165) is 6.26 Å². The van der Waals surface area contributed by atoms with Crippen LogP contribution in [0.1, 0.15) is 5.76 Å². The first-order chi connectivity index (χ1) is 8.38. The van der Waals surface area contributed by atoms with Crippen LogP contribution in [0.15, 0.2) is 45.8 Å². The van der Waals surface area contributed by atoms with Crippen molar-refractivity contribution in [2.75, 3.05) is 0 Å². The molecule has 0 radical (unpaired) electrons. The molecule has 0 saturated heterocycles. The third-order valence-corrected chi connectivity index (χ3v) is 2.52. The fraction of sp³-hybridized carbons (Fsp3) is 0.0833. The smallest absolute Gasteiger partial charge is 0.449 e. The Kier molecular flexibility index (Phi) is 3.17. The van der Waals surface area contributed by atoms with Crippen LogP contribution >= 0.6 is 11.6 Å². The lowest BCUT2D eigenvalue weighted by Crippen LogP contribution is -2.11. The van der Waals surface area contributed by atoms with Gasteiger partial charge in [-0.15, -0.1) is 0 Å². The third-order valence-electron chi connectivity index (χ3n) is 2.27. The average Bonchev–Trinajstić information content (AvgIpc) is 2.29. The molecule has 94 valence electrons. The minimum Gasteiger partial charge on any atom is -0.459 e. The minimum absolute atomic E-state index is 0.0552. The SMILES string of the molecule is O=c1cc(C(F)(F)F)occ1-c1ccc(Cl)cc1. The Morgan fingerprint density at radius 3 is 2.22 bits per heavy atom. The van der Waals surface area contributed by atoms with E-state index in [0.29, 0.717) is 16.7 Å². The van der Waals surface area contributed by atoms with E-state index in [1.54, 1.807) is 0 Å². The molecule has 0 unspecified atom stereocenters. The molecule has 0 bridgehead atoms. The molecule has 2 aromatic rings. The Balaban J connectivity index is 2.48. The molecule has 0 atom stereocenters. The molecule has 2 rings (SSSR count). The summed E-state index contributed by atoms with van der Waals surface area (Å²) >= 11 is 5.67. The number of halogens is 4. The van der Waals surface area contributed by atoms with Gasteiger partial charge >= 0.3 is 6.18 Å². The van der Waals surface area contributed by atoms with Gasteiger partial charge in [-0.2, -0.15) is 13.2 Å². The van der Waals surface area contributed by atoms with Crippen molar-refractivity contribution in [1.82, 2.24) is 0 Å². The van der Waals surface area contributed by atoms with E-state index in [1.807, 2.05) is 0 Å². The number of benzene rings is 1. The summed E-state index contributed by atoms with van der Waals surface area (Å²) in [5, 5.41) is 0.468. The molecular formula is C12H6ClF3O2. The van der Waals surface area contributed by atoms with Crippen LogP contribution in [-0.2, 0) is 6.18 Å². The van der Waals surface area contributed by atoms with Crippen molar-refractivity contribution in [3.8, 4) is 11.1 Å². The summed E-state index contributed by atoms with van der Waals surface area (Å²) in [6, 6.07) is 6.57. The number of rotatable bonds is 1. The van der Waals surface area contributed by atoms with Crippen LogP contribution in [0.5, 0.6) is 0 Å². The van der Waals surface area contributed by atoms with Crippen LogP contribution in [0.3, 0.4) is 0 Å². The van der Waals surface area contributed by atoms with Crippen LogP contribution in [0.4, 0.5) is 13.2 Å². The lowest BCUT2D eigenvalue weighted by atomic mass is 10.1. The second-order valence-electron chi connectivity index (χ2n) is 3.53. The van der Waals surface area contributed by atoms with E-state index >= 15 is 0 Å². The fourth-order valence-electron chi connectivity index (χ4n) is 1.40. The number of alkyl halides is 3. The molecule has 1 aromatic carbocycles. The first-order valence-corrected chi connectivity index (χ1v) is 5.22. The second kappa shape index (κ2) is 4.49. The summed E-state index contributed by atoms with van der Waals surface area (Å²) in [6.07, 6.45) is -3.87. The Morgan fingerprint density at radius 2 is 1.72 bits per heavy atom. The van der Waals surface area contributed by atoms with Crippen molar-refractivity contribution in [2.45, 2.75) is 6.18 Å². The van der Waals surface area contributed by atoms with Gasteiger partial charge in [0.1, 0.15) is 6.26 Å². The lowest BCUT2D eigenvalue weighted by molar-refractivity contribution is -0.153.